The first-order valence-corrected chi connectivity index (χ1v) is 15.0. The van der Waals surface area contributed by atoms with Crippen LogP contribution in [0.3, 0.4) is 0 Å². The molecule has 0 spiro atoms. The Balaban J connectivity index is 1.40. The Morgan fingerprint density at radius 2 is 0.976 bits per heavy atom. The van der Waals surface area contributed by atoms with E-state index in [1.54, 1.807) is 0 Å². The highest BCUT2D eigenvalue weighted by molar-refractivity contribution is 6.14. The van der Waals surface area contributed by atoms with Gasteiger partial charge in [0.25, 0.3) is 0 Å². The van der Waals surface area contributed by atoms with E-state index in [1.165, 1.54) is 0 Å². The van der Waals surface area contributed by atoms with Crippen LogP contribution in [0, 0.1) is 11.3 Å². The fourth-order valence-electron chi connectivity index (χ4n) is 5.68. The first-order chi connectivity index (χ1) is 20.2. The highest BCUT2D eigenvalue weighted by Crippen LogP contribution is 2.44. The SMILES string of the molecule is CCC(C)(C)C1C/C(=C\c2ccc(N(C)c3ccccc3)cc2)C(=O)/C(=C/c2ccc(N(C)c3ccccc3)cc2)C1. The van der Waals surface area contributed by atoms with Crippen molar-refractivity contribution in [3.8, 4) is 0 Å². The second-order valence-corrected chi connectivity index (χ2v) is 12.1. The van der Waals surface area contributed by atoms with E-state index < -0.39 is 0 Å². The van der Waals surface area contributed by atoms with Gasteiger partial charge in [0.15, 0.2) is 5.78 Å². The molecule has 0 aromatic heterocycles. The van der Waals surface area contributed by atoms with Gasteiger partial charge >= 0.3 is 0 Å². The summed E-state index contributed by atoms with van der Waals surface area (Å²) in [7, 11) is 4.16. The molecular formula is C39H42N2O. The number of carbonyl (C=O) groups excluding carboxylic acids is 1. The topological polar surface area (TPSA) is 23.6 Å². The van der Waals surface area contributed by atoms with Gasteiger partial charge in [-0.3, -0.25) is 4.79 Å². The number of carbonyl (C=O) groups is 1. The molecule has 214 valence electrons. The van der Waals surface area contributed by atoms with Crippen LogP contribution in [0.5, 0.6) is 0 Å². The smallest absolute Gasteiger partial charge is 0.185 e. The van der Waals surface area contributed by atoms with Crippen LogP contribution in [0.1, 0.15) is 51.2 Å². The minimum absolute atomic E-state index is 0.142. The fourth-order valence-corrected chi connectivity index (χ4v) is 5.68. The van der Waals surface area contributed by atoms with Gasteiger partial charge in [0.1, 0.15) is 0 Å². The van der Waals surface area contributed by atoms with Crippen LogP contribution in [0.2, 0.25) is 0 Å². The molecule has 3 heteroatoms. The molecule has 0 aliphatic heterocycles. The van der Waals surface area contributed by atoms with E-state index in [-0.39, 0.29) is 11.2 Å². The monoisotopic (exact) mass is 554 g/mol. The molecule has 1 saturated carbocycles. The van der Waals surface area contributed by atoms with Gasteiger partial charge in [0, 0.05) is 48.0 Å². The zero-order chi connectivity index (χ0) is 29.7. The van der Waals surface area contributed by atoms with E-state index >= 15 is 0 Å². The minimum Gasteiger partial charge on any atom is -0.345 e. The van der Waals surface area contributed by atoms with Crippen molar-refractivity contribution in [2.45, 2.75) is 40.0 Å². The number of hydrogen-bond donors (Lipinski definition) is 0. The quantitative estimate of drug-likeness (QED) is 0.202. The molecule has 42 heavy (non-hydrogen) atoms. The predicted octanol–water partition coefficient (Wildman–Crippen LogP) is 10.1. The molecular weight excluding hydrogens is 512 g/mol. The summed E-state index contributed by atoms with van der Waals surface area (Å²) in [6, 6.07) is 37.7. The molecule has 4 aromatic carbocycles. The highest BCUT2D eigenvalue weighted by Gasteiger charge is 2.36. The summed E-state index contributed by atoms with van der Waals surface area (Å²) < 4.78 is 0. The standard InChI is InChI=1S/C39H42N2O/c1-6-39(2,3)33-27-31(25-29-17-21-36(22-18-29)40(4)34-13-9-7-10-14-34)38(42)32(28-33)26-30-19-23-37(24-20-30)41(5)35-15-11-8-12-16-35/h7-26,33H,6,27-28H2,1-5H3/b31-25+,32-26+. The lowest BCUT2D eigenvalue weighted by Crippen LogP contribution is -2.30. The first-order valence-electron chi connectivity index (χ1n) is 15.0. The maximum Gasteiger partial charge on any atom is 0.185 e. The molecule has 0 amide bonds. The summed E-state index contributed by atoms with van der Waals surface area (Å²) in [5.74, 6) is 0.582. The van der Waals surface area contributed by atoms with Crippen molar-refractivity contribution < 1.29 is 4.79 Å². The number of benzene rings is 4. The Morgan fingerprint density at radius 3 is 1.33 bits per heavy atom. The van der Waals surface area contributed by atoms with Gasteiger partial charge in [-0.2, -0.15) is 0 Å². The number of hydrogen-bond acceptors (Lipinski definition) is 3. The molecule has 0 unspecified atom stereocenters. The second-order valence-electron chi connectivity index (χ2n) is 12.1. The van der Waals surface area contributed by atoms with Crippen LogP contribution < -0.4 is 9.80 Å². The van der Waals surface area contributed by atoms with E-state index in [0.717, 1.165) is 64.3 Å². The molecule has 0 heterocycles. The number of anilines is 4. The van der Waals surface area contributed by atoms with Gasteiger partial charge in [-0.1, -0.05) is 87.9 Å². The van der Waals surface area contributed by atoms with E-state index in [9.17, 15) is 4.79 Å². The number of rotatable bonds is 8. The normalized spacial score (nSPS) is 17.5. The number of nitrogens with zero attached hydrogens (tertiary/aromatic N) is 2. The van der Waals surface area contributed by atoms with Gasteiger partial charge in [-0.15, -0.1) is 0 Å². The van der Waals surface area contributed by atoms with Crippen molar-refractivity contribution in [3.63, 3.8) is 0 Å². The highest BCUT2D eigenvalue weighted by atomic mass is 16.1. The third kappa shape index (κ3) is 6.57. The molecule has 0 N–H and O–H groups in total. The maximum absolute atomic E-state index is 13.9. The van der Waals surface area contributed by atoms with Crippen molar-refractivity contribution in [1.82, 2.24) is 0 Å². The maximum atomic E-state index is 13.9. The Morgan fingerprint density at radius 1 is 0.619 bits per heavy atom. The fraction of sp³-hybridized carbons (Fsp3) is 0.256. The summed E-state index contributed by atoms with van der Waals surface area (Å²) >= 11 is 0. The van der Waals surface area contributed by atoms with Crippen molar-refractivity contribution in [3.05, 3.63) is 131 Å². The summed E-state index contributed by atoms with van der Waals surface area (Å²) in [5, 5.41) is 0. The molecule has 0 radical (unpaired) electrons. The summed E-state index contributed by atoms with van der Waals surface area (Å²) in [6.45, 7) is 6.93. The van der Waals surface area contributed by atoms with Gasteiger partial charge in [0.05, 0.1) is 0 Å². The number of allylic oxidation sites excluding steroid dienone is 2. The number of ketones is 1. The second kappa shape index (κ2) is 12.7. The van der Waals surface area contributed by atoms with Crippen LogP contribution >= 0.6 is 0 Å². The Kier molecular flexibility index (Phi) is 8.77. The lowest BCUT2D eigenvalue weighted by molar-refractivity contribution is -0.113. The van der Waals surface area contributed by atoms with Gasteiger partial charge < -0.3 is 9.80 Å². The number of para-hydroxylation sites is 2. The molecule has 4 aromatic rings. The Bertz CT molecular complexity index is 1440. The van der Waals surface area contributed by atoms with Crippen LogP contribution in [-0.2, 0) is 4.79 Å². The third-order valence-electron chi connectivity index (χ3n) is 9.06. The minimum atomic E-state index is 0.142. The lowest BCUT2D eigenvalue weighted by Gasteiger charge is -2.38. The van der Waals surface area contributed by atoms with E-state index in [0.29, 0.717) is 5.92 Å². The summed E-state index contributed by atoms with van der Waals surface area (Å²) in [4.78, 5) is 18.2. The van der Waals surface area contributed by atoms with Crippen molar-refractivity contribution >= 4 is 40.7 Å². The Hall–Kier alpha value is -4.37. The van der Waals surface area contributed by atoms with Crippen molar-refractivity contribution in [2.24, 2.45) is 11.3 Å². The Labute approximate surface area is 251 Å². The van der Waals surface area contributed by atoms with Gasteiger partial charge in [-0.25, -0.2) is 0 Å². The van der Waals surface area contributed by atoms with Crippen molar-refractivity contribution in [2.75, 3.05) is 23.9 Å². The van der Waals surface area contributed by atoms with Gasteiger partial charge in [0.2, 0.25) is 0 Å². The van der Waals surface area contributed by atoms with E-state index in [2.05, 4.69) is 154 Å². The molecule has 5 rings (SSSR count). The summed E-state index contributed by atoms with van der Waals surface area (Å²) in [5.41, 5.74) is 8.60. The average Bonchev–Trinajstić information content (AvgIpc) is 3.03. The molecule has 1 aliphatic carbocycles. The van der Waals surface area contributed by atoms with E-state index in [4.69, 9.17) is 0 Å². The van der Waals surface area contributed by atoms with Crippen LogP contribution in [0.25, 0.3) is 12.2 Å². The van der Waals surface area contributed by atoms with Crippen molar-refractivity contribution in [1.29, 1.82) is 0 Å². The number of Topliss-reactive ketones (excluding diaryl/α,β-unsaturated/α-hetero) is 1. The lowest BCUT2D eigenvalue weighted by atomic mass is 9.66. The molecule has 0 bridgehead atoms. The average molecular weight is 555 g/mol. The van der Waals surface area contributed by atoms with Crippen LogP contribution in [-0.4, -0.2) is 19.9 Å². The van der Waals surface area contributed by atoms with Gasteiger partial charge in [-0.05, 0) is 96.0 Å². The molecule has 3 nitrogen and oxygen atoms in total. The van der Waals surface area contributed by atoms with E-state index in [1.807, 2.05) is 12.1 Å². The first kappa shape index (κ1) is 29.1. The molecule has 0 atom stereocenters. The van der Waals surface area contributed by atoms with Crippen LogP contribution in [0.15, 0.2) is 120 Å². The third-order valence-corrected chi connectivity index (χ3v) is 9.06. The largest absolute Gasteiger partial charge is 0.345 e. The zero-order valence-electron chi connectivity index (χ0n) is 25.5. The molecule has 1 fully saturated rings. The molecule has 1 aliphatic rings. The summed E-state index contributed by atoms with van der Waals surface area (Å²) in [6.07, 6.45) is 6.91. The predicted molar refractivity (Wildman–Crippen MR) is 180 cm³/mol. The molecule has 0 saturated heterocycles. The zero-order valence-corrected chi connectivity index (χ0v) is 25.5. The van der Waals surface area contributed by atoms with Crippen LogP contribution in [0.4, 0.5) is 22.7 Å².